The molecule has 1 aliphatic carbocycles. The summed E-state index contributed by atoms with van der Waals surface area (Å²) in [5.41, 5.74) is -0.324. The molecular weight excluding hydrogens is 287 g/mol. The second-order valence-electron chi connectivity index (χ2n) is 5.09. The van der Waals surface area contributed by atoms with Crippen LogP contribution < -0.4 is 10.6 Å². The molecule has 6 nitrogen and oxygen atoms in total. The highest BCUT2D eigenvalue weighted by Crippen LogP contribution is 2.43. The summed E-state index contributed by atoms with van der Waals surface area (Å²) in [6, 6.07) is 5.02. The van der Waals surface area contributed by atoms with Crippen LogP contribution in [0.5, 0.6) is 0 Å². The molecule has 8 heteroatoms. The SMILES string of the molecule is O=C1NC(=O)C2(Nc3ccc(S(=O)(=O)F)cc3)CC1C2. The number of hydrogen-bond acceptors (Lipinski definition) is 5. The molecule has 0 radical (unpaired) electrons. The molecule has 1 aromatic rings. The molecule has 4 rings (SSSR count). The molecule has 20 heavy (non-hydrogen) atoms. The van der Waals surface area contributed by atoms with Gasteiger partial charge in [0, 0.05) is 11.6 Å². The van der Waals surface area contributed by atoms with Crippen LogP contribution in [-0.2, 0) is 19.8 Å². The third kappa shape index (κ3) is 1.96. The van der Waals surface area contributed by atoms with Crippen molar-refractivity contribution in [2.24, 2.45) is 5.92 Å². The van der Waals surface area contributed by atoms with Gasteiger partial charge < -0.3 is 5.32 Å². The van der Waals surface area contributed by atoms with Gasteiger partial charge in [0.15, 0.2) is 0 Å². The Kier molecular flexibility index (Phi) is 2.62. The van der Waals surface area contributed by atoms with Crippen molar-refractivity contribution in [2.75, 3.05) is 5.32 Å². The molecule has 3 fully saturated rings. The van der Waals surface area contributed by atoms with Gasteiger partial charge in [-0.15, -0.1) is 3.89 Å². The van der Waals surface area contributed by atoms with Gasteiger partial charge >= 0.3 is 10.2 Å². The number of imide groups is 1. The lowest BCUT2D eigenvalue weighted by atomic mass is 9.64. The molecular formula is C12H11FN2O4S. The monoisotopic (exact) mass is 298 g/mol. The first kappa shape index (κ1) is 13.0. The summed E-state index contributed by atoms with van der Waals surface area (Å²) in [7, 11) is -4.73. The quantitative estimate of drug-likeness (QED) is 0.628. The zero-order valence-electron chi connectivity index (χ0n) is 10.2. The first-order valence-corrected chi connectivity index (χ1v) is 7.37. The van der Waals surface area contributed by atoms with Crippen molar-refractivity contribution in [1.29, 1.82) is 0 Å². The molecule has 106 valence electrons. The van der Waals surface area contributed by atoms with Gasteiger partial charge in [0.05, 0.1) is 4.90 Å². The minimum atomic E-state index is -4.73. The van der Waals surface area contributed by atoms with E-state index in [9.17, 15) is 21.9 Å². The number of benzene rings is 1. The first-order valence-electron chi connectivity index (χ1n) is 5.98. The zero-order chi connectivity index (χ0) is 14.5. The van der Waals surface area contributed by atoms with Crippen molar-refractivity contribution in [3.63, 3.8) is 0 Å². The van der Waals surface area contributed by atoms with Gasteiger partial charge in [-0.1, -0.05) is 0 Å². The third-order valence-electron chi connectivity index (χ3n) is 3.75. The predicted molar refractivity (Wildman–Crippen MR) is 67.0 cm³/mol. The second kappa shape index (κ2) is 4.02. The highest BCUT2D eigenvalue weighted by atomic mass is 32.3. The summed E-state index contributed by atoms with van der Waals surface area (Å²) >= 11 is 0. The van der Waals surface area contributed by atoms with Crippen LogP contribution in [0.4, 0.5) is 9.57 Å². The maximum absolute atomic E-state index is 12.8. The lowest BCUT2D eigenvalue weighted by molar-refractivity contribution is -0.148. The summed E-state index contributed by atoms with van der Waals surface area (Å²) in [5.74, 6) is -0.796. The maximum atomic E-state index is 12.8. The number of nitrogens with one attached hydrogen (secondary N) is 2. The molecule has 2 heterocycles. The third-order valence-corrected chi connectivity index (χ3v) is 4.59. The molecule has 2 amide bonds. The largest absolute Gasteiger partial charge is 0.371 e. The number of hydrogen-bond donors (Lipinski definition) is 2. The van der Waals surface area contributed by atoms with Crippen LogP contribution in [0.25, 0.3) is 0 Å². The lowest BCUT2D eigenvalue weighted by Crippen LogP contribution is -2.69. The summed E-state index contributed by atoms with van der Waals surface area (Å²) in [4.78, 5) is 22.7. The van der Waals surface area contributed by atoms with Crippen molar-refractivity contribution >= 4 is 27.7 Å². The molecule has 2 bridgehead atoms. The Labute approximate surface area is 114 Å². The zero-order valence-corrected chi connectivity index (χ0v) is 11.0. The van der Waals surface area contributed by atoms with Gasteiger partial charge in [0.25, 0.3) is 5.91 Å². The number of rotatable bonds is 3. The van der Waals surface area contributed by atoms with Gasteiger partial charge in [0.2, 0.25) is 5.91 Å². The molecule has 0 aromatic heterocycles. The van der Waals surface area contributed by atoms with E-state index < -0.39 is 20.7 Å². The van der Waals surface area contributed by atoms with Crippen LogP contribution in [0, 0.1) is 5.92 Å². The molecule has 1 saturated carbocycles. The van der Waals surface area contributed by atoms with E-state index in [0.717, 1.165) is 12.1 Å². The van der Waals surface area contributed by atoms with E-state index in [4.69, 9.17) is 0 Å². The van der Waals surface area contributed by atoms with Gasteiger partial charge in [-0.2, -0.15) is 8.42 Å². The number of fused-ring (bicyclic) bond motifs is 2. The lowest BCUT2D eigenvalue weighted by Gasteiger charge is -2.50. The Balaban J connectivity index is 1.79. The number of amides is 2. The molecule has 2 aliphatic heterocycles. The fraction of sp³-hybridized carbons (Fsp3) is 0.333. The summed E-state index contributed by atoms with van der Waals surface area (Å²) in [6.45, 7) is 0. The Hall–Kier alpha value is -1.96. The van der Waals surface area contributed by atoms with Crippen molar-refractivity contribution in [1.82, 2.24) is 5.32 Å². The van der Waals surface area contributed by atoms with E-state index in [2.05, 4.69) is 10.6 Å². The smallest absolute Gasteiger partial charge is 0.332 e. The first-order chi connectivity index (χ1) is 9.30. The van der Waals surface area contributed by atoms with E-state index in [1.54, 1.807) is 0 Å². The highest BCUT2D eigenvalue weighted by Gasteiger charge is 2.57. The van der Waals surface area contributed by atoms with Crippen LogP contribution in [0.1, 0.15) is 12.8 Å². The summed E-state index contributed by atoms with van der Waals surface area (Å²) in [6.07, 6.45) is 0.835. The molecule has 3 aliphatic rings. The predicted octanol–water partition coefficient (Wildman–Crippen LogP) is 0.562. The van der Waals surface area contributed by atoms with Gasteiger partial charge in [-0.3, -0.25) is 14.9 Å². The standard InChI is InChI=1S/C12H11FN2O4S/c13-20(18,19)9-3-1-8(2-4-9)15-12-5-7(6-12)10(16)14-11(12)17/h1-4,7,15H,5-6H2,(H,14,16,17). The Bertz CT molecular complexity index is 693. The highest BCUT2D eigenvalue weighted by molar-refractivity contribution is 7.86. The van der Waals surface area contributed by atoms with E-state index in [-0.39, 0.29) is 17.7 Å². The van der Waals surface area contributed by atoms with Crippen molar-refractivity contribution < 1.29 is 21.9 Å². The van der Waals surface area contributed by atoms with Crippen LogP contribution in [0.3, 0.4) is 0 Å². The van der Waals surface area contributed by atoms with Crippen LogP contribution in [0.15, 0.2) is 29.2 Å². The molecule has 0 atom stereocenters. The Morgan fingerprint density at radius 1 is 1.20 bits per heavy atom. The van der Waals surface area contributed by atoms with Gasteiger partial charge in [0.1, 0.15) is 5.54 Å². The minimum Gasteiger partial charge on any atom is -0.371 e. The Morgan fingerprint density at radius 3 is 2.30 bits per heavy atom. The number of piperidine rings is 2. The van der Waals surface area contributed by atoms with E-state index in [1.807, 2.05) is 0 Å². The number of halogens is 1. The summed E-state index contributed by atoms with van der Waals surface area (Å²) < 4.78 is 34.2. The average molecular weight is 298 g/mol. The van der Waals surface area contributed by atoms with Crippen molar-refractivity contribution in [3.8, 4) is 0 Å². The van der Waals surface area contributed by atoms with E-state index in [1.165, 1.54) is 12.1 Å². The van der Waals surface area contributed by atoms with Crippen molar-refractivity contribution in [2.45, 2.75) is 23.3 Å². The molecule has 0 spiro atoms. The molecule has 2 saturated heterocycles. The van der Waals surface area contributed by atoms with Crippen LogP contribution >= 0.6 is 0 Å². The Morgan fingerprint density at radius 2 is 1.80 bits per heavy atom. The molecule has 0 unspecified atom stereocenters. The normalized spacial score (nSPS) is 28.6. The molecule has 2 N–H and O–H groups in total. The van der Waals surface area contributed by atoms with Crippen molar-refractivity contribution in [3.05, 3.63) is 24.3 Å². The average Bonchev–Trinajstić information content (AvgIpc) is 2.30. The minimum absolute atomic E-state index is 0.161. The topological polar surface area (TPSA) is 92.3 Å². The van der Waals surface area contributed by atoms with E-state index in [0.29, 0.717) is 18.5 Å². The van der Waals surface area contributed by atoms with Crippen LogP contribution in [0.2, 0.25) is 0 Å². The van der Waals surface area contributed by atoms with Gasteiger partial charge in [-0.25, -0.2) is 0 Å². The maximum Gasteiger partial charge on any atom is 0.332 e. The van der Waals surface area contributed by atoms with Crippen LogP contribution in [-0.4, -0.2) is 25.8 Å². The number of carbonyl (C=O) groups excluding carboxylic acids is 2. The fourth-order valence-corrected chi connectivity index (χ4v) is 3.08. The number of anilines is 1. The molecule has 1 aromatic carbocycles. The number of carbonyl (C=O) groups is 2. The van der Waals surface area contributed by atoms with E-state index >= 15 is 0 Å². The second-order valence-corrected chi connectivity index (χ2v) is 6.44. The van der Waals surface area contributed by atoms with Gasteiger partial charge in [-0.05, 0) is 37.1 Å². The summed E-state index contributed by atoms with van der Waals surface area (Å²) in [5, 5.41) is 5.27. The fourth-order valence-electron chi connectivity index (χ4n) is 2.62.